The van der Waals surface area contributed by atoms with Crippen LogP contribution in [-0.2, 0) is 0 Å². The molecule has 0 unspecified atom stereocenters. The molecule has 0 radical (unpaired) electrons. The third kappa shape index (κ3) is 5.60. The molecule has 3 rings (SSSR count). The fourth-order valence-electron chi connectivity index (χ4n) is 4.06. The average Bonchev–Trinajstić information content (AvgIpc) is 2.73. The zero-order valence-corrected chi connectivity index (χ0v) is 19.3. The van der Waals surface area contributed by atoms with Gasteiger partial charge in [-0.15, -0.1) is 0 Å². The molecular weight excluding hydrogens is 390 g/mol. The molecule has 1 heterocycles. The molecule has 1 saturated heterocycles. The summed E-state index contributed by atoms with van der Waals surface area (Å²) in [6, 6.07) is 14.3. The molecule has 2 aromatic rings. The van der Waals surface area contributed by atoms with Crippen molar-refractivity contribution < 1.29 is 4.79 Å². The predicted molar refractivity (Wildman–Crippen MR) is 129 cm³/mol. The summed E-state index contributed by atoms with van der Waals surface area (Å²) in [4.78, 5) is 14.6. The lowest BCUT2D eigenvalue weighted by atomic mass is 9.92. The quantitative estimate of drug-likeness (QED) is 0.613. The first kappa shape index (κ1) is 22.3. The van der Waals surface area contributed by atoms with Crippen molar-refractivity contribution in [3.63, 3.8) is 0 Å². The van der Waals surface area contributed by atoms with E-state index in [0.29, 0.717) is 11.0 Å². The van der Waals surface area contributed by atoms with Crippen LogP contribution in [0.25, 0.3) is 0 Å². The Morgan fingerprint density at radius 1 is 1.00 bits per heavy atom. The van der Waals surface area contributed by atoms with Crippen molar-refractivity contribution in [3.05, 3.63) is 64.7 Å². The first-order chi connectivity index (χ1) is 14.3. The maximum absolute atomic E-state index is 12.6. The Kier molecular flexibility index (Phi) is 7.48. The highest BCUT2D eigenvalue weighted by molar-refractivity contribution is 7.80. The fourth-order valence-corrected chi connectivity index (χ4v) is 4.31. The number of benzene rings is 2. The topological polar surface area (TPSA) is 44.4 Å². The van der Waals surface area contributed by atoms with E-state index in [-0.39, 0.29) is 11.9 Å². The van der Waals surface area contributed by atoms with Crippen LogP contribution >= 0.6 is 12.2 Å². The largest absolute Gasteiger partial charge is 0.355 e. The number of amides is 1. The molecule has 1 fully saturated rings. The molecule has 2 aromatic carbocycles. The minimum Gasteiger partial charge on any atom is -0.355 e. The zero-order valence-electron chi connectivity index (χ0n) is 18.5. The van der Waals surface area contributed by atoms with Crippen LogP contribution < -0.4 is 10.6 Å². The van der Waals surface area contributed by atoms with E-state index in [0.717, 1.165) is 37.2 Å². The van der Waals surface area contributed by atoms with Gasteiger partial charge in [0.2, 0.25) is 0 Å². The van der Waals surface area contributed by atoms with Gasteiger partial charge in [-0.3, -0.25) is 4.79 Å². The van der Waals surface area contributed by atoms with Crippen LogP contribution in [0.3, 0.4) is 0 Å². The predicted octanol–water partition coefficient (Wildman–Crippen LogP) is 5.61. The highest BCUT2D eigenvalue weighted by Gasteiger charge is 2.20. The van der Waals surface area contributed by atoms with Crippen LogP contribution in [0, 0.1) is 19.8 Å². The van der Waals surface area contributed by atoms with Crippen LogP contribution in [0.5, 0.6) is 0 Å². The molecule has 1 aliphatic rings. The minimum atomic E-state index is 0.122. The maximum atomic E-state index is 12.6. The van der Waals surface area contributed by atoms with E-state index in [1.807, 2.05) is 29.2 Å². The number of rotatable bonds is 5. The second kappa shape index (κ2) is 10.1. The summed E-state index contributed by atoms with van der Waals surface area (Å²) in [5.41, 5.74) is 5.41. The van der Waals surface area contributed by atoms with E-state index in [1.165, 1.54) is 23.1 Å². The van der Waals surface area contributed by atoms with Gasteiger partial charge in [0.25, 0.3) is 5.91 Å². The van der Waals surface area contributed by atoms with Crippen molar-refractivity contribution in [1.29, 1.82) is 0 Å². The van der Waals surface area contributed by atoms with E-state index in [9.17, 15) is 4.79 Å². The van der Waals surface area contributed by atoms with E-state index in [1.54, 1.807) is 0 Å². The average molecular weight is 424 g/mol. The van der Waals surface area contributed by atoms with E-state index in [2.05, 4.69) is 56.5 Å². The molecule has 0 aromatic heterocycles. The third-order valence-electron chi connectivity index (χ3n) is 5.75. The van der Waals surface area contributed by atoms with E-state index < -0.39 is 0 Å². The Balaban J connectivity index is 1.63. The van der Waals surface area contributed by atoms with Gasteiger partial charge in [-0.05, 0) is 86.6 Å². The van der Waals surface area contributed by atoms with Gasteiger partial charge in [0.1, 0.15) is 0 Å². The molecular formula is C25H33N3OS. The van der Waals surface area contributed by atoms with Gasteiger partial charge < -0.3 is 15.5 Å². The molecule has 1 atom stereocenters. The molecule has 5 heteroatoms. The van der Waals surface area contributed by atoms with Gasteiger partial charge in [-0.2, -0.15) is 0 Å². The van der Waals surface area contributed by atoms with Gasteiger partial charge in [0.05, 0.1) is 6.04 Å². The van der Waals surface area contributed by atoms with Crippen LogP contribution in [-0.4, -0.2) is 29.0 Å². The van der Waals surface area contributed by atoms with Crippen molar-refractivity contribution in [2.45, 2.75) is 53.0 Å². The number of anilines is 1. The number of hydrogen-bond acceptors (Lipinski definition) is 2. The van der Waals surface area contributed by atoms with Gasteiger partial charge in [0.15, 0.2) is 5.11 Å². The lowest BCUT2D eigenvalue weighted by Crippen LogP contribution is -2.36. The number of hydrogen-bond donors (Lipinski definition) is 2. The number of nitrogens with zero attached hydrogens (tertiary/aromatic N) is 1. The molecule has 4 nitrogen and oxygen atoms in total. The maximum Gasteiger partial charge on any atom is 0.253 e. The molecule has 160 valence electrons. The molecule has 1 amide bonds. The molecule has 0 saturated carbocycles. The highest BCUT2D eigenvalue weighted by Crippen LogP contribution is 2.26. The van der Waals surface area contributed by atoms with Crippen LogP contribution in [0.15, 0.2) is 42.5 Å². The Bertz CT molecular complexity index is 886. The van der Waals surface area contributed by atoms with Crippen LogP contribution in [0.4, 0.5) is 5.69 Å². The number of carbonyl (C=O) groups excluding carboxylic acids is 1. The molecule has 0 aliphatic carbocycles. The number of likely N-dealkylation sites (tertiary alicyclic amines) is 1. The van der Waals surface area contributed by atoms with Crippen molar-refractivity contribution >= 4 is 28.9 Å². The molecule has 1 aliphatic heterocycles. The van der Waals surface area contributed by atoms with Gasteiger partial charge >= 0.3 is 0 Å². The normalized spacial score (nSPS) is 15.0. The summed E-state index contributed by atoms with van der Waals surface area (Å²) in [6.45, 7) is 10.4. The van der Waals surface area contributed by atoms with Crippen LogP contribution in [0.1, 0.15) is 66.2 Å². The van der Waals surface area contributed by atoms with E-state index >= 15 is 0 Å². The number of thiocarbonyl (C=S) groups is 1. The monoisotopic (exact) mass is 423 g/mol. The Hall–Kier alpha value is -2.40. The SMILES string of the molecule is Cc1ccc([C@@H](NC(=S)Nc2ccc(C(=O)N3CCCCC3)cc2)C(C)C)c(C)c1. The van der Waals surface area contributed by atoms with E-state index in [4.69, 9.17) is 12.2 Å². The standard InChI is InChI=1S/C25H33N3OS/c1-17(2)23(22-13-8-18(3)16-19(22)4)27-25(30)26-21-11-9-20(10-12-21)24(29)28-14-6-5-7-15-28/h8-13,16-17,23H,5-7,14-15H2,1-4H3,(H2,26,27,30)/t23-/m0/s1. The van der Waals surface area contributed by atoms with Gasteiger partial charge in [-0.1, -0.05) is 37.6 Å². The number of piperidine rings is 1. The van der Waals surface area contributed by atoms with Gasteiger partial charge in [-0.25, -0.2) is 0 Å². The summed E-state index contributed by atoms with van der Waals surface area (Å²) in [7, 11) is 0. The Labute approximate surface area is 186 Å². The summed E-state index contributed by atoms with van der Waals surface area (Å²) < 4.78 is 0. The van der Waals surface area contributed by atoms with Gasteiger partial charge in [0, 0.05) is 24.3 Å². The van der Waals surface area contributed by atoms with Crippen LogP contribution in [0.2, 0.25) is 0 Å². The molecule has 30 heavy (non-hydrogen) atoms. The highest BCUT2D eigenvalue weighted by atomic mass is 32.1. The van der Waals surface area contributed by atoms with Crippen molar-refractivity contribution in [3.8, 4) is 0 Å². The summed E-state index contributed by atoms with van der Waals surface area (Å²) in [6.07, 6.45) is 3.42. The minimum absolute atomic E-state index is 0.122. The summed E-state index contributed by atoms with van der Waals surface area (Å²) in [5, 5.41) is 7.33. The van der Waals surface area contributed by atoms with Crippen molar-refractivity contribution in [2.75, 3.05) is 18.4 Å². The number of carbonyl (C=O) groups is 1. The first-order valence-electron chi connectivity index (χ1n) is 10.9. The lowest BCUT2D eigenvalue weighted by Gasteiger charge is -2.27. The number of aryl methyl sites for hydroxylation is 2. The lowest BCUT2D eigenvalue weighted by molar-refractivity contribution is 0.0724. The van der Waals surface area contributed by atoms with Crippen molar-refractivity contribution in [1.82, 2.24) is 10.2 Å². The Morgan fingerprint density at radius 3 is 2.27 bits per heavy atom. The molecule has 0 bridgehead atoms. The summed E-state index contributed by atoms with van der Waals surface area (Å²) in [5.74, 6) is 0.507. The van der Waals surface area contributed by atoms with Crippen molar-refractivity contribution in [2.24, 2.45) is 5.92 Å². The smallest absolute Gasteiger partial charge is 0.253 e. The first-order valence-corrected chi connectivity index (χ1v) is 11.3. The summed E-state index contributed by atoms with van der Waals surface area (Å²) >= 11 is 5.59. The zero-order chi connectivity index (χ0) is 21.7. The fraction of sp³-hybridized carbons (Fsp3) is 0.440. The molecule has 0 spiro atoms. The third-order valence-corrected chi connectivity index (χ3v) is 5.97. The second-order valence-corrected chi connectivity index (χ2v) is 9.02. The Morgan fingerprint density at radius 2 is 1.67 bits per heavy atom. The number of nitrogens with one attached hydrogen (secondary N) is 2. The second-order valence-electron chi connectivity index (χ2n) is 8.61. The molecule has 2 N–H and O–H groups in total.